The van der Waals surface area contributed by atoms with E-state index in [1.807, 2.05) is 20.8 Å². The molecular weight excluding hydrogens is 238 g/mol. The Kier molecular flexibility index (Phi) is 7.43. The van der Waals surface area contributed by atoms with E-state index in [2.05, 4.69) is 5.32 Å². The fourth-order valence-electron chi connectivity index (χ4n) is 1.27. The van der Waals surface area contributed by atoms with E-state index >= 15 is 0 Å². The summed E-state index contributed by atoms with van der Waals surface area (Å²) < 4.78 is 23.7. The second-order valence-electron chi connectivity index (χ2n) is 4.84. The van der Waals surface area contributed by atoms with Gasteiger partial charge in [0.15, 0.2) is 9.84 Å². The van der Waals surface area contributed by atoms with Gasteiger partial charge in [0.25, 0.3) is 0 Å². The molecule has 4 nitrogen and oxygen atoms in total. The normalized spacial score (nSPS) is 13.7. The van der Waals surface area contributed by atoms with Crippen molar-refractivity contribution in [1.82, 2.24) is 5.32 Å². The maximum absolute atomic E-state index is 11.8. The summed E-state index contributed by atoms with van der Waals surface area (Å²) in [5, 5.41) is 1.73. The average Bonchev–Trinajstić information content (AvgIpc) is 2.25. The number of hydrogen-bond acceptors (Lipinski definition) is 3. The van der Waals surface area contributed by atoms with Gasteiger partial charge in [0.1, 0.15) is 5.25 Å². The summed E-state index contributed by atoms with van der Waals surface area (Å²) in [6, 6.07) is 0. The third-order valence-corrected chi connectivity index (χ3v) is 4.81. The molecule has 102 valence electrons. The van der Waals surface area contributed by atoms with Gasteiger partial charge >= 0.3 is 0 Å². The van der Waals surface area contributed by atoms with E-state index in [1.54, 1.807) is 0 Å². The largest absolute Gasteiger partial charge is 0.355 e. The lowest BCUT2D eigenvalue weighted by molar-refractivity contribution is -0.120. The van der Waals surface area contributed by atoms with Crippen molar-refractivity contribution in [1.29, 1.82) is 0 Å². The van der Waals surface area contributed by atoms with E-state index in [0.29, 0.717) is 18.9 Å². The molecule has 0 heterocycles. The molecule has 1 atom stereocenters. The lowest BCUT2D eigenvalue weighted by Gasteiger charge is -2.13. The van der Waals surface area contributed by atoms with Crippen LogP contribution in [0.1, 0.15) is 47.0 Å². The SMILES string of the molecule is CCCCNC(=O)C(C)S(=O)(=O)CCC(C)C. The van der Waals surface area contributed by atoms with Crippen molar-refractivity contribution in [2.45, 2.75) is 52.2 Å². The van der Waals surface area contributed by atoms with Gasteiger partial charge in [-0.05, 0) is 25.7 Å². The molecule has 0 aromatic carbocycles. The first-order valence-corrected chi connectivity index (χ1v) is 8.02. The van der Waals surface area contributed by atoms with Crippen LogP contribution in [-0.2, 0) is 14.6 Å². The van der Waals surface area contributed by atoms with Gasteiger partial charge in [0.05, 0.1) is 5.75 Å². The van der Waals surface area contributed by atoms with Gasteiger partial charge in [-0.25, -0.2) is 8.42 Å². The van der Waals surface area contributed by atoms with Crippen molar-refractivity contribution in [2.24, 2.45) is 5.92 Å². The Morgan fingerprint density at radius 3 is 2.29 bits per heavy atom. The molecule has 0 aromatic heterocycles. The van der Waals surface area contributed by atoms with Crippen molar-refractivity contribution in [3.63, 3.8) is 0 Å². The maximum atomic E-state index is 11.8. The highest BCUT2D eigenvalue weighted by atomic mass is 32.2. The molecule has 0 radical (unpaired) electrons. The molecule has 0 saturated heterocycles. The molecule has 0 aromatic rings. The molecule has 0 aliphatic heterocycles. The molecule has 1 N–H and O–H groups in total. The molecule has 1 amide bonds. The van der Waals surface area contributed by atoms with Crippen LogP contribution in [0.3, 0.4) is 0 Å². The monoisotopic (exact) mass is 263 g/mol. The minimum Gasteiger partial charge on any atom is -0.355 e. The molecule has 0 spiro atoms. The smallest absolute Gasteiger partial charge is 0.238 e. The Balaban J connectivity index is 4.26. The molecule has 0 rings (SSSR count). The Hall–Kier alpha value is -0.580. The molecule has 5 heteroatoms. The summed E-state index contributed by atoms with van der Waals surface area (Å²) in [7, 11) is -3.30. The van der Waals surface area contributed by atoms with Gasteiger partial charge in [-0.15, -0.1) is 0 Å². The number of hydrogen-bond donors (Lipinski definition) is 1. The van der Waals surface area contributed by atoms with Crippen LogP contribution in [0.2, 0.25) is 0 Å². The molecule has 0 aliphatic rings. The summed E-state index contributed by atoms with van der Waals surface area (Å²) in [5.74, 6) is 0.0508. The number of rotatable bonds is 8. The van der Waals surface area contributed by atoms with Gasteiger partial charge in [0.2, 0.25) is 5.91 Å². The highest BCUT2D eigenvalue weighted by molar-refractivity contribution is 7.92. The Labute approximate surface area is 105 Å². The first-order chi connectivity index (χ1) is 7.81. The fraction of sp³-hybridized carbons (Fsp3) is 0.917. The van der Waals surface area contributed by atoms with Crippen LogP contribution in [0.15, 0.2) is 0 Å². The molecule has 0 fully saturated rings. The van der Waals surface area contributed by atoms with Gasteiger partial charge in [-0.2, -0.15) is 0 Å². The fourth-order valence-corrected chi connectivity index (χ4v) is 2.83. The van der Waals surface area contributed by atoms with Crippen LogP contribution in [-0.4, -0.2) is 31.9 Å². The number of amides is 1. The van der Waals surface area contributed by atoms with Crippen molar-refractivity contribution in [3.05, 3.63) is 0 Å². The van der Waals surface area contributed by atoms with E-state index in [1.165, 1.54) is 6.92 Å². The topological polar surface area (TPSA) is 63.2 Å². The first kappa shape index (κ1) is 16.4. The zero-order valence-electron chi connectivity index (χ0n) is 11.3. The molecule has 1 unspecified atom stereocenters. The van der Waals surface area contributed by atoms with E-state index in [4.69, 9.17) is 0 Å². The quantitative estimate of drug-likeness (QED) is 0.679. The van der Waals surface area contributed by atoms with Gasteiger partial charge in [-0.3, -0.25) is 4.79 Å². The van der Waals surface area contributed by atoms with Gasteiger partial charge in [0, 0.05) is 6.54 Å². The zero-order valence-corrected chi connectivity index (χ0v) is 12.1. The summed E-state index contributed by atoms with van der Waals surface area (Å²) in [4.78, 5) is 11.6. The lowest BCUT2D eigenvalue weighted by Crippen LogP contribution is -2.39. The van der Waals surface area contributed by atoms with Gasteiger partial charge in [-0.1, -0.05) is 27.2 Å². The minimum absolute atomic E-state index is 0.0903. The predicted octanol–water partition coefficient (Wildman–Crippen LogP) is 1.75. The van der Waals surface area contributed by atoms with Crippen molar-refractivity contribution in [2.75, 3.05) is 12.3 Å². The van der Waals surface area contributed by atoms with E-state index in [9.17, 15) is 13.2 Å². The highest BCUT2D eigenvalue weighted by Gasteiger charge is 2.27. The van der Waals surface area contributed by atoms with Crippen LogP contribution in [0.4, 0.5) is 0 Å². The zero-order chi connectivity index (χ0) is 13.5. The molecule has 0 saturated carbocycles. The first-order valence-electron chi connectivity index (χ1n) is 6.30. The van der Waals surface area contributed by atoms with Crippen LogP contribution in [0.5, 0.6) is 0 Å². The molecule has 0 aliphatic carbocycles. The van der Waals surface area contributed by atoms with Crippen molar-refractivity contribution < 1.29 is 13.2 Å². The van der Waals surface area contributed by atoms with Crippen LogP contribution >= 0.6 is 0 Å². The van der Waals surface area contributed by atoms with Crippen molar-refractivity contribution in [3.8, 4) is 0 Å². The van der Waals surface area contributed by atoms with E-state index in [0.717, 1.165) is 12.8 Å². The number of unbranched alkanes of at least 4 members (excludes halogenated alkanes) is 1. The summed E-state index contributed by atoms with van der Waals surface area (Å²) in [5.41, 5.74) is 0. The van der Waals surface area contributed by atoms with Crippen molar-refractivity contribution >= 4 is 15.7 Å². The number of carbonyl (C=O) groups excluding carboxylic acids is 1. The van der Waals surface area contributed by atoms with E-state index in [-0.39, 0.29) is 11.7 Å². The molecule has 0 bridgehead atoms. The highest BCUT2D eigenvalue weighted by Crippen LogP contribution is 2.08. The Bertz CT molecular complexity index is 323. The summed E-state index contributed by atoms with van der Waals surface area (Å²) in [6.45, 7) is 7.99. The van der Waals surface area contributed by atoms with Crippen LogP contribution < -0.4 is 5.32 Å². The molecular formula is C12H25NO3S. The predicted molar refractivity (Wildman–Crippen MR) is 70.6 cm³/mol. The standard InChI is InChI=1S/C12H25NO3S/c1-5-6-8-13-12(14)11(4)17(15,16)9-7-10(2)3/h10-11H,5-9H2,1-4H3,(H,13,14). The van der Waals surface area contributed by atoms with Crippen LogP contribution in [0, 0.1) is 5.92 Å². The Morgan fingerprint density at radius 2 is 1.82 bits per heavy atom. The van der Waals surface area contributed by atoms with E-state index < -0.39 is 15.1 Å². The second-order valence-corrected chi connectivity index (χ2v) is 7.28. The maximum Gasteiger partial charge on any atom is 0.238 e. The molecule has 17 heavy (non-hydrogen) atoms. The van der Waals surface area contributed by atoms with Gasteiger partial charge < -0.3 is 5.32 Å². The summed E-state index contributed by atoms with van der Waals surface area (Å²) in [6.07, 6.45) is 2.47. The lowest BCUT2D eigenvalue weighted by atomic mass is 10.2. The number of nitrogens with one attached hydrogen (secondary N) is 1. The summed E-state index contributed by atoms with van der Waals surface area (Å²) >= 11 is 0. The number of carbonyl (C=O) groups is 1. The number of sulfone groups is 1. The third-order valence-electron chi connectivity index (χ3n) is 2.72. The average molecular weight is 263 g/mol. The Morgan fingerprint density at radius 1 is 1.24 bits per heavy atom. The third kappa shape index (κ3) is 6.66. The minimum atomic E-state index is -3.30. The van der Waals surface area contributed by atoms with Crippen LogP contribution in [0.25, 0.3) is 0 Å². The second kappa shape index (κ2) is 7.69.